The Balaban J connectivity index is 0.000000218. The van der Waals surface area contributed by atoms with E-state index in [0.717, 1.165) is 6.42 Å². The Morgan fingerprint density at radius 1 is 0.667 bits per heavy atom. The number of hydrogen-bond acceptors (Lipinski definition) is 2. The molecule has 0 aromatic heterocycles. The SMILES string of the molecule is O=S(=O)(O)C(F)(F)C(F)(F)C(F)(F)C(F)(F)F.c1ccc2c(c1)Cc1ccccc1-2. The molecule has 0 radical (unpaired) electrons. The summed E-state index contributed by atoms with van der Waals surface area (Å²) in [5, 5.41) is -7.00. The van der Waals surface area contributed by atoms with E-state index in [0.29, 0.717) is 0 Å². The second kappa shape index (κ2) is 7.45. The number of alkyl halides is 9. The Morgan fingerprint density at radius 3 is 1.37 bits per heavy atom. The van der Waals surface area contributed by atoms with Crippen LogP contribution in [-0.4, -0.2) is 36.2 Å². The van der Waals surface area contributed by atoms with Crippen molar-refractivity contribution in [3.8, 4) is 11.1 Å². The van der Waals surface area contributed by atoms with Crippen LogP contribution in [0.25, 0.3) is 11.1 Å². The minimum atomic E-state index is -7.37. The highest BCUT2D eigenvalue weighted by Crippen LogP contribution is 2.54. The number of fused-ring (bicyclic) bond motifs is 3. The van der Waals surface area contributed by atoms with E-state index < -0.39 is 33.4 Å². The molecular formula is C17H11F9O3S. The van der Waals surface area contributed by atoms with Crippen LogP contribution < -0.4 is 0 Å². The molecule has 0 saturated carbocycles. The molecule has 2 aromatic carbocycles. The monoisotopic (exact) mass is 466 g/mol. The summed E-state index contributed by atoms with van der Waals surface area (Å²) in [6.07, 6.45) is -6.03. The van der Waals surface area contributed by atoms with Crippen LogP contribution in [0.3, 0.4) is 0 Å². The van der Waals surface area contributed by atoms with Crippen molar-refractivity contribution in [2.45, 2.75) is 29.7 Å². The van der Waals surface area contributed by atoms with Crippen molar-refractivity contribution < 1.29 is 52.5 Å². The van der Waals surface area contributed by atoms with Gasteiger partial charge in [-0.25, -0.2) is 0 Å². The molecule has 166 valence electrons. The fraction of sp³-hybridized carbons (Fsp3) is 0.294. The zero-order valence-corrected chi connectivity index (χ0v) is 15.2. The van der Waals surface area contributed by atoms with E-state index in [1.807, 2.05) is 0 Å². The highest BCUT2D eigenvalue weighted by Gasteiger charge is 2.85. The first-order valence-corrected chi connectivity index (χ1v) is 9.22. The van der Waals surface area contributed by atoms with Gasteiger partial charge >= 0.3 is 33.4 Å². The fourth-order valence-electron chi connectivity index (χ4n) is 2.60. The number of halogens is 9. The highest BCUT2D eigenvalue weighted by molar-refractivity contribution is 7.87. The maximum atomic E-state index is 12.2. The van der Waals surface area contributed by atoms with Gasteiger partial charge in [0.05, 0.1) is 0 Å². The summed E-state index contributed by atoms with van der Waals surface area (Å²) < 4.78 is 134. The summed E-state index contributed by atoms with van der Waals surface area (Å²) in [5.74, 6) is -14.7. The molecule has 2 aromatic rings. The van der Waals surface area contributed by atoms with Crippen molar-refractivity contribution in [3.05, 3.63) is 59.7 Å². The zero-order valence-electron chi connectivity index (χ0n) is 14.4. The molecule has 30 heavy (non-hydrogen) atoms. The van der Waals surface area contributed by atoms with Crippen LogP contribution in [0, 0.1) is 0 Å². The molecule has 1 aliphatic rings. The van der Waals surface area contributed by atoms with Gasteiger partial charge in [0.25, 0.3) is 0 Å². The van der Waals surface area contributed by atoms with E-state index in [1.165, 1.54) is 22.3 Å². The van der Waals surface area contributed by atoms with Crippen LogP contribution in [0.4, 0.5) is 39.5 Å². The van der Waals surface area contributed by atoms with Crippen LogP contribution in [0.5, 0.6) is 0 Å². The van der Waals surface area contributed by atoms with Crippen molar-refractivity contribution in [1.82, 2.24) is 0 Å². The fourth-order valence-corrected chi connectivity index (χ4v) is 3.05. The van der Waals surface area contributed by atoms with Crippen LogP contribution in [0.1, 0.15) is 11.1 Å². The van der Waals surface area contributed by atoms with Gasteiger partial charge in [-0.1, -0.05) is 48.5 Å². The van der Waals surface area contributed by atoms with Gasteiger partial charge in [0, 0.05) is 0 Å². The van der Waals surface area contributed by atoms with Gasteiger partial charge in [0.2, 0.25) is 0 Å². The molecule has 0 atom stereocenters. The largest absolute Gasteiger partial charge is 0.460 e. The van der Waals surface area contributed by atoms with Gasteiger partial charge in [-0.05, 0) is 28.7 Å². The second-order valence-corrected chi connectivity index (χ2v) is 7.59. The zero-order chi connectivity index (χ0) is 23.2. The van der Waals surface area contributed by atoms with Crippen molar-refractivity contribution in [2.75, 3.05) is 0 Å². The van der Waals surface area contributed by atoms with Gasteiger partial charge in [-0.3, -0.25) is 4.55 Å². The third-order valence-electron chi connectivity index (χ3n) is 4.15. The van der Waals surface area contributed by atoms with Crippen LogP contribution in [0.2, 0.25) is 0 Å². The standard InChI is InChI=1S/C13H10.C4HF9O3S/c1-3-7-12-10(5-1)9-11-6-2-4-8-13(11)12;5-1(6,3(9,10)11)2(7,8)4(12,13)17(14,15)16/h1-8H,9H2;(H,14,15,16). The first kappa shape index (κ1) is 24.0. The third kappa shape index (κ3) is 3.87. The molecule has 0 heterocycles. The molecule has 3 rings (SSSR count). The molecule has 0 saturated heterocycles. The molecule has 0 aliphatic heterocycles. The molecule has 0 fully saturated rings. The lowest BCUT2D eigenvalue weighted by molar-refractivity contribution is -0.382. The molecule has 1 N–H and O–H groups in total. The average molecular weight is 466 g/mol. The van der Waals surface area contributed by atoms with Crippen molar-refractivity contribution in [2.24, 2.45) is 0 Å². The Hall–Kier alpha value is -2.28. The maximum Gasteiger partial charge on any atom is 0.460 e. The molecule has 0 spiro atoms. The quantitative estimate of drug-likeness (QED) is 0.407. The Labute approximate surface area is 163 Å². The number of rotatable bonds is 3. The minimum Gasteiger partial charge on any atom is -0.281 e. The highest BCUT2D eigenvalue weighted by atomic mass is 32.2. The maximum absolute atomic E-state index is 12.2. The van der Waals surface area contributed by atoms with Crippen LogP contribution >= 0.6 is 0 Å². The van der Waals surface area contributed by atoms with E-state index >= 15 is 0 Å². The van der Waals surface area contributed by atoms with Gasteiger partial charge in [-0.15, -0.1) is 0 Å². The number of benzene rings is 2. The summed E-state index contributed by atoms with van der Waals surface area (Å²) in [7, 11) is -7.17. The average Bonchev–Trinajstić information content (AvgIpc) is 2.98. The summed E-state index contributed by atoms with van der Waals surface area (Å²) in [5.41, 5.74) is 5.75. The lowest BCUT2D eigenvalue weighted by Crippen LogP contribution is -2.63. The summed E-state index contributed by atoms with van der Waals surface area (Å²) in [4.78, 5) is 0. The summed E-state index contributed by atoms with van der Waals surface area (Å²) in [6.45, 7) is 0. The van der Waals surface area contributed by atoms with Crippen LogP contribution in [-0.2, 0) is 16.5 Å². The molecule has 0 amide bonds. The Bertz CT molecular complexity index is 987. The lowest BCUT2D eigenvalue weighted by Gasteiger charge is -2.31. The normalized spacial score (nSPS) is 14.5. The van der Waals surface area contributed by atoms with E-state index in [4.69, 9.17) is 4.55 Å². The Morgan fingerprint density at radius 2 is 1.03 bits per heavy atom. The second-order valence-electron chi connectivity index (χ2n) is 6.13. The molecule has 0 bridgehead atoms. The molecule has 1 aliphatic carbocycles. The van der Waals surface area contributed by atoms with E-state index in [9.17, 15) is 47.9 Å². The smallest absolute Gasteiger partial charge is 0.281 e. The van der Waals surface area contributed by atoms with E-state index in [1.54, 1.807) is 0 Å². The molecule has 13 heteroatoms. The summed E-state index contributed by atoms with van der Waals surface area (Å²) >= 11 is 0. The first-order valence-electron chi connectivity index (χ1n) is 7.78. The van der Waals surface area contributed by atoms with Crippen molar-refractivity contribution in [3.63, 3.8) is 0 Å². The Kier molecular flexibility index (Phi) is 5.96. The predicted octanol–water partition coefficient (Wildman–Crippen LogP) is 5.56. The topological polar surface area (TPSA) is 54.4 Å². The first-order chi connectivity index (χ1) is 13.4. The third-order valence-corrected chi connectivity index (χ3v) is 5.05. The lowest BCUT2D eigenvalue weighted by atomic mass is 10.1. The van der Waals surface area contributed by atoms with Crippen LogP contribution in [0.15, 0.2) is 48.5 Å². The van der Waals surface area contributed by atoms with E-state index in [-0.39, 0.29) is 0 Å². The molecule has 3 nitrogen and oxygen atoms in total. The minimum absolute atomic E-state index is 1.10. The predicted molar refractivity (Wildman–Crippen MR) is 87.1 cm³/mol. The summed E-state index contributed by atoms with van der Waals surface area (Å²) in [6, 6.07) is 17.3. The molecule has 0 unspecified atom stereocenters. The molecular weight excluding hydrogens is 455 g/mol. The van der Waals surface area contributed by atoms with Gasteiger partial charge in [0.1, 0.15) is 0 Å². The van der Waals surface area contributed by atoms with Crippen molar-refractivity contribution in [1.29, 1.82) is 0 Å². The van der Waals surface area contributed by atoms with Crippen molar-refractivity contribution >= 4 is 10.1 Å². The van der Waals surface area contributed by atoms with Gasteiger partial charge < -0.3 is 0 Å². The van der Waals surface area contributed by atoms with Gasteiger partial charge in [-0.2, -0.15) is 47.9 Å². The van der Waals surface area contributed by atoms with E-state index in [2.05, 4.69) is 48.5 Å². The van der Waals surface area contributed by atoms with Gasteiger partial charge in [0.15, 0.2) is 0 Å². The number of hydrogen-bond donors (Lipinski definition) is 1.